The number of carbonyl (C=O) groups excluding carboxylic acids is 1. The van der Waals surface area contributed by atoms with E-state index in [0.29, 0.717) is 28.1 Å². The predicted octanol–water partition coefficient (Wildman–Crippen LogP) is 2.87. The van der Waals surface area contributed by atoms with Crippen LogP contribution in [0.4, 0.5) is 5.69 Å². The number of hydrogen-bond donors (Lipinski definition) is 2. The molecule has 1 aromatic carbocycles. The Morgan fingerprint density at radius 1 is 1.37 bits per heavy atom. The third-order valence-corrected chi connectivity index (χ3v) is 2.84. The molecular weight excluding hydrogens is 291 g/mol. The molecule has 0 aromatic heterocycles. The largest absolute Gasteiger partial charge is 0.494 e. The van der Waals surface area contributed by atoms with Crippen LogP contribution >= 0.6 is 23.2 Å². The lowest BCUT2D eigenvalue weighted by Crippen LogP contribution is -2.39. The van der Waals surface area contributed by atoms with E-state index >= 15 is 0 Å². The van der Waals surface area contributed by atoms with Crippen LogP contribution in [0.1, 0.15) is 13.8 Å². The Morgan fingerprint density at radius 3 is 2.42 bits per heavy atom. The number of methoxy groups -OCH3 is 1. The minimum atomic E-state index is -0.500. The van der Waals surface area contributed by atoms with Gasteiger partial charge in [-0.25, -0.2) is 5.43 Å². The molecule has 0 aliphatic carbocycles. The zero-order valence-electron chi connectivity index (χ0n) is 10.9. The van der Waals surface area contributed by atoms with Gasteiger partial charge in [0.25, 0.3) is 0 Å². The van der Waals surface area contributed by atoms with Crippen LogP contribution in [-0.4, -0.2) is 25.7 Å². The molecule has 1 atom stereocenters. The van der Waals surface area contributed by atoms with Gasteiger partial charge in [-0.2, -0.15) is 0 Å². The molecule has 2 N–H and O–H groups in total. The van der Waals surface area contributed by atoms with Crippen LogP contribution in [0, 0.1) is 0 Å². The Balaban J connectivity index is 2.66. The molecule has 1 rings (SSSR count). The number of ether oxygens (including phenoxy) is 2. The van der Waals surface area contributed by atoms with Crippen molar-refractivity contribution in [1.82, 2.24) is 5.43 Å². The molecule has 0 saturated heterocycles. The van der Waals surface area contributed by atoms with Gasteiger partial charge >= 0.3 is 5.97 Å². The van der Waals surface area contributed by atoms with Gasteiger partial charge < -0.3 is 14.9 Å². The van der Waals surface area contributed by atoms with Gasteiger partial charge in [-0.1, -0.05) is 23.2 Å². The number of halogens is 2. The molecule has 7 heteroatoms. The number of nitrogens with one attached hydrogen (secondary N) is 2. The first-order valence-corrected chi connectivity index (χ1v) is 6.46. The molecule has 1 unspecified atom stereocenters. The Hall–Kier alpha value is -1.17. The van der Waals surface area contributed by atoms with Crippen molar-refractivity contribution in [2.45, 2.75) is 19.9 Å². The predicted molar refractivity (Wildman–Crippen MR) is 75.9 cm³/mol. The highest BCUT2D eigenvalue weighted by molar-refractivity contribution is 6.37. The van der Waals surface area contributed by atoms with E-state index in [1.807, 2.05) is 0 Å². The van der Waals surface area contributed by atoms with Gasteiger partial charge in [-0.15, -0.1) is 0 Å². The summed E-state index contributed by atoms with van der Waals surface area (Å²) in [5, 5.41) is 0.756. The summed E-state index contributed by atoms with van der Waals surface area (Å²) in [5.41, 5.74) is 6.25. The number of rotatable bonds is 6. The van der Waals surface area contributed by atoms with Crippen molar-refractivity contribution in [2.75, 3.05) is 19.1 Å². The van der Waals surface area contributed by atoms with E-state index in [1.165, 1.54) is 7.11 Å². The third kappa shape index (κ3) is 4.45. The molecule has 0 bridgehead atoms. The number of esters is 1. The summed E-state index contributed by atoms with van der Waals surface area (Å²) in [6.07, 6.45) is 0. The smallest absolute Gasteiger partial charge is 0.324 e. The van der Waals surface area contributed by atoms with E-state index in [-0.39, 0.29) is 5.97 Å². The summed E-state index contributed by atoms with van der Waals surface area (Å²) in [6, 6.07) is 2.77. The minimum Gasteiger partial charge on any atom is -0.494 e. The molecule has 5 nitrogen and oxygen atoms in total. The van der Waals surface area contributed by atoms with Crippen LogP contribution in [0.5, 0.6) is 5.75 Å². The van der Waals surface area contributed by atoms with E-state index in [9.17, 15) is 4.79 Å². The van der Waals surface area contributed by atoms with Crippen molar-refractivity contribution in [2.24, 2.45) is 0 Å². The molecule has 0 spiro atoms. The highest BCUT2D eigenvalue weighted by Crippen LogP contribution is 2.35. The SMILES string of the molecule is CCOC(=O)C(C)NNc1cc(Cl)c(OC)c(Cl)c1. The van der Waals surface area contributed by atoms with Crippen molar-refractivity contribution >= 4 is 34.9 Å². The Labute approximate surface area is 122 Å². The lowest BCUT2D eigenvalue weighted by molar-refractivity contribution is -0.144. The standard InChI is InChI=1S/C12H16Cl2N2O3/c1-4-19-12(17)7(2)15-16-8-5-9(13)11(18-3)10(14)6-8/h5-7,15-16H,4H2,1-3H3. The fourth-order valence-corrected chi connectivity index (χ4v) is 1.99. The Kier molecular flexibility index (Phi) is 6.21. The molecule has 0 fully saturated rings. The van der Waals surface area contributed by atoms with Crippen LogP contribution in [0.2, 0.25) is 10.0 Å². The first-order chi connectivity index (χ1) is 8.99. The van der Waals surface area contributed by atoms with Crippen LogP contribution in [0.15, 0.2) is 12.1 Å². The van der Waals surface area contributed by atoms with Crippen LogP contribution < -0.4 is 15.6 Å². The molecule has 0 saturated carbocycles. The summed E-state index contributed by atoms with van der Waals surface area (Å²) >= 11 is 12.0. The number of anilines is 1. The van der Waals surface area contributed by atoms with Crippen molar-refractivity contribution in [1.29, 1.82) is 0 Å². The maximum absolute atomic E-state index is 11.4. The molecule has 0 aliphatic heterocycles. The van der Waals surface area contributed by atoms with Crippen LogP contribution in [0.25, 0.3) is 0 Å². The van der Waals surface area contributed by atoms with Crippen molar-refractivity contribution in [3.63, 3.8) is 0 Å². The van der Waals surface area contributed by atoms with Gasteiger partial charge in [0.15, 0.2) is 5.75 Å². The molecule has 0 amide bonds. The second-order valence-electron chi connectivity index (χ2n) is 3.72. The number of benzene rings is 1. The third-order valence-electron chi connectivity index (χ3n) is 2.28. The average Bonchev–Trinajstić information content (AvgIpc) is 2.36. The minimum absolute atomic E-state index is 0.338. The molecule has 106 valence electrons. The lowest BCUT2D eigenvalue weighted by atomic mass is 10.3. The summed E-state index contributed by atoms with van der Waals surface area (Å²) in [7, 11) is 1.49. The molecule has 19 heavy (non-hydrogen) atoms. The zero-order valence-corrected chi connectivity index (χ0v) is 12.4. The summed E-state index contributed by atoms with van der Waals surface area (Å²) in [5.74, 6) is 0.0630. The number of hydrogen-bond acceptors (Lipinski definition) is 5. The van der Waals surface area contributed by atoms with E-state index in [0.717, 1.165) is 0 Å². The maximum Gasteiger partial charge on any atom is 0.324 e. The second kappa shape index (κ2) is 7.43. The highest BCUT2D eigenvalue weighted by Gasteiger charge is 2.14. The average molecular weight is 307 g/mol. The zero-order chi connectivity index (χ0) is 14.4. The highest BCUT2D eigenvalue weighted by atomic mass is 35.5. The lowest BCUT2D eigenvalue weighted by Gasteiger charge is -2.15. The first kappa shape index (κ1) is 15.9. The number of carbonyl (C=O) groups is 1. The van der Waals surface area contributed by atoms with Crippen molar-refractivity contribution < 1.29 is 14.3 Å². The van der Waals surface area contributed by atoms with Gasteiger partial charge in [0.05, 0.1) is 29.4 Å². The normalized spacial score (nSPS) is 11.8. The fraction of sp³-hybridized carbons (Fsp3) is 0.417. The van der Waals surface area contributed by atoms with E-state index < -0.39 is 6.04 Å². The molecular formula is C12H16Cl2N2O3. The van der Waals surface area contributed by atoms with Gasteiger partial charge in [-0.3, -0.25) is 4.79 Å². The first-order valence-electron chi connectivity index (χ1n) is 5.70. The van der Waals surface area contributed by atoms with Crippen molar-refractivity contribution in [3.8, 4) is 5.75 Å². The van der Waals surface area contributed by atoms with E-state index in [4.69, 9.17) is 32.7 Å². The molecule has 1 aromatic rings. The van der Waals surface area contributed by atoms with Gasteiger partial charge in [-0.05, 0) is 26.0 Å². The topological polar surface area (TPSA) is 59.6 Å². The maximum atomic E-state index is 11.4. The Morgan fingerprint density at radius 2 is 1.95 bits per heavy atom. The van der Waals surface area contributed by atoms with Gasteiger partial charge in [0.2, 0.25) is 0 Å². The summed E-state index contributed by atoms with van der Waals surface area (Å²) < 4.78 is 9.90. The molecule has 0 radical (unpaired) electrons. The van der Waals surface area contributed by atoms with E-state index in [2.05, 4.69) is 10.9 Å². The van der Waals surface area contributed by atoms with Crippen LogP contribution in [0.3, 0.4) is 0 Å². The summed E-state index contributed by atoms with van der Waals surface area (Å²) in [6.45, 7) is 3.77. The number of hydrazine groups is 1. The quantitative estimate of drug-likeness (QED) is 0.625. The fourth-order valence-electron chi connectivity index (χ4n) is 1.34. The summed E-state index contributed by atoms with van der Waals surface area (Å²) in [4.78, 5) is 11.4. The van der Waals surface area contributed by atoms with Crippen molar-refractivity contribution in [3.05, 3.63) is 22.2 Å². The molecule has 0 aliphatic rings. The van der Waals surface area contributed by atoms with Gasteiger partial charge in [0, 0.05) is 0 Å². The van der Waals surface area contributed by atoms with Crippen LogP contribution in [-0.2, 0) is 9.53 Å². The second-order valence-corrected chi connectivity index (χ2v) is 4.53. The van der Waals surface area contributed by atoms with Gasteiger partial charge in [0.1, 0.15) is 6.04 Å². The molecule has 0 heterocycles. The monoisotopic (exact) mass is 306 g/mol. The van der Waals surface area contributed by atoms with E-state index in [1.54, 1.807) is 26.0 Å². The Bertz CT molecular complexity index is 432.